The van der Waals surface area contributed by atoms with Gasteiger partial charge in [-0.05, 0) is 17.9 Å². The van der Waals surface area contributed by atoms with Gasteiger partial charge < -0.3 is 4.74 Å². The molecule has 0 saturated carbocycles. The molecule has 1 heterocycles. The first-order valence-electron chi connectivity index (χ1n) is 3.01. The van der Waals surface area contributed by atoms with Crippen molar-refractivity contribution in [3.05, 3.63) is 0 Å². The Hall–Kier alpha value is 0.620. The van der Waals surface area contributed by atoms with Gasteiger partial charge in [-0.3, -0.25) is 0 Å². The third-order valence-corrected chi connectivity index (χ3v) is 2.57. The van der Waals surface area contributed by atoms with Gasteiger partial charge in [0, 0.05) is 13.1 Å². The average Bonchev–Trinajstić information content (AvgIpc) is 1.88. The van der Waals surface area contributed by atoms with E-state index >= 15 is 0 Å². The minimum absolute atomic E-state index is 0.374. The van der Waals surface area contributed by atoms with Crippen molar-refractivity contribution < 1.29 is 4.74 Å². The molecule has 0 amide bonds. The molecule has 0 aromatic rings. The van der Waals surface area contributed by atoms with Crippen LogP contribution in [0.2, 0.25) is 0 Å². The van der Waals surface area contributed by atoms with Crippen molar-refractivity contribution in [2.24, 2.45) is 0 Å². The maximum Gasteiger partial charge on any atom is 0.0684 e. The molecule has 0 radical (unpaired) electrons. The largest absolute Gasteiger partial charge is 0.376 e. The lowest BCUT2D eigenvalue weighted by molar-refractivity contribution is 0.0139. The molecule has 1 atom stereocenters. The Morgan fingerprint density at radius 3 is 3.00 bits per heavy atom. The van der Waals surface area contributed by atoms with Crippen LogP contribution in [0.4, 0.5) is 0 Å². The van der Waals surface area contributed by atoms with E-state index in [2.05, 4.69) is 22.9 Å². The highest BCUT2D eigenvalue weighted by Gasteiger charge is 2.15. The number of morpholine rings is 1. The third kappa shape index (κ3) is 2.37. The first kappa shape index (κ1) is 7.72. The van der Waals surface area contributed by atoms with Crippen LogP contribution in [-0.2, 0) is 4.74 Å². The summed E-state index contributed by atoms with van der Waals surface area (Å²) in [5.74, 6) is 0. The fourth-order valence-electron chi connectivity index (χ4n) is 0.861. The zero-order valence-electron chi connectivity index (χ0n) is 5.41. The minimum atomic E-state index is 0.374. The number of hydrogen-bond donors (Lipinski definition) is 1. The molecule has 0 bridgehead atoms. The van der Waals surface area contributed by atoms with Gasteiger partial charge in [0.15, 0.2) is 0 Å². The third-order valence-electron chi connectivity index (χ3n) is 1.32. The molecule has 0 N–H and O–H groups in total. The molecule has 2 nitrogen and oxygen atoms in total. The van der Waals surface area contributed by atoms with Crippen LogP contribution in [0, 0.1) is 0 Å². The van der Waals surface area contributed by atoms with Gasteiger partial charge in [-0.1, -0.05) is 11.7 Å². The van der Waals surface area contributed by atoms with Crippen LogP contribution in [-0.4, -0.2) is 30.1 Å². The minimum Gasteiger partial charge on any atom is -0.376 e. The van der Waals surface area contributed by atoms with Crippen molar-refractivity contribution >= 4 is 22.6 Å². The van der Waals surface area contributed by atoms with Crippen molar-refractivity contribution in [1.29, 1.82) is 0 Å². The van der Waals surface area contributed by atoms with Gasteiger partial charge in [-0.2, -0.15) is 0 Å². The number of nitrogens with zero attached hydrogens (tertiary/aromatic N) is 1. The topological polar surface area (TPSA) is 12.5 Å². The molecule has 0 aliphatic carbocycles. The van der Waals surface area contributed by atoms with Gasteiger partial charge in [0.25, 0.3) is 0 Å². The Kier molecular flexibility index (Phi) is 3.18. The van der Waals surface area contributed by atoms with Gasteiger partial charge in [-0.15, -0.1) is 0 Å². The summed E-state index contributed by atoms with van der Waals surface area (Å²) in [5.41, 5.74) is 0. The molecule has 9 heavy (non-hydrogen) atoms. The SMILES string of the molecule is CC1CN(SS)CCO1. The van der Waals surface area contributed by atoms with Crippen LogP contribution in [0.5, 0.6) is 0 Å². The fourth-order valence-corrected chi connectivity index (χ4v) is 1.74. The van der Waals surface area contributed by atoms with Crippen molar-refractivity contribution in [2.75, 3.05) is 19.7 Å². The van der Waals surface area contributed by atoms with E-state index in [1.807, 2.05) is 0 Å². The molecule has 1 aliphatic rings. The summed E-state index contributed by atoms with van der Waals surface area (Å²) in [6, 6.07) is 0. The Morgan fingerprint density at radius 2 is 2.56 bits per heavy atom. The van der Waals surface area contributed by atoms with Crippen molar-refractivity contribution in [3.63, 3.8) is 0 Å². The van der Waals surface area contributed by atoms with E-state index in [9.17, 15) is 0 Å². The average molecular weight is 165 g/mol. The summed E-state index contributed by atoms with van der Waals surface area (Å²) < 4.78 is 7.51. The van der Waals surface area contributed by atoms with Crippen molar-refractivity contribution in [3.8, 4) is 0 Å². The molecule has 0 aromatic carbocycles. The predicted octanol–water partition coefficient (Wildman–Crippen LogP) is 1.20. The second-order valence-corrected chi connectivity index (χ2v) is 3.32. The van der Waals surface area contributed by atoms with Crippen molar-refractivity contribution in [2.45, 2.75) is 13.0 Å². The summed E-state index contributed by atoms with van der Waals surface area (Å²) >= 11 is 4.09. The predicted molar refractivity (Wildman–Crippen MR) is 43.6 cm³/mol. The fraction of sp³-hybridized carbons (Fsp3) is 1.00. The molecular formula is C5H11NOS2. The van der Waals surface area contributed by atoms with Gasteiger partial charge in [0.1, 0.15) is 0 Å². The highest BCUT2D eigenvalue weighted by atomic mass is 33.1. The van der Waals surface area contributed by atoms with E-state index < -0.39 is 0 Å². The Morgan fingerprint density at radius 1 is 1.78 bits per heavy atom. The molecule has 4 heteroatoms. The van der Waals surface area contributed by atoms with E-state index in [-0.39, 0.29) is 0 Å². The second kappa shape index (κ2) is 3.71. The number of ether oxygens (including phenoxy) is 1. The number of rotatable bonds is 1. The monoisotopic (exact) mass is 165 g/mol. The molecule has 1 saturated heterocycles. The summed E-state index contributed by atoms with van der Waals surface area (Å²) in [7, 11) is 1.50. The lowest BCUT2D eigenvalue weighted by Gasteiger charge is -2.27. The number of hydrogen-bond acceptors (Lipinski definition) is 4. The summed E-state index contributed by atoms with van der Waals surface area (Å²) in [6.45, 7) is 4.91. The molecular weight excluding hydrogens is 154 g/mol. The van der Waals surface area contributed by atoms with Gasteiger partial charge in [0.05, 0.1) is 12.7 Å². The molecule has 1 fully saturated rings. The maximum absolute atomic E-state index is 5.32. The lowest BCUT2D eigenvalue weighted by Crippen LogP contribution is -2.36. The summed E-state index contributed by atoms with van der Waals surface area (Å²) in [4.78, 5) is 0. The highest BCUT2D eigenvalue weighted by molar-refractivity contribution is 8.67. The highest BCUT2D eigenvalue weighted by Crippen LogP contribution is 2.17. The first-order chi connectivity index (χ1) is 4.33. The number of thiol groups is 1. The van der Waals surface area contributed by atoms with Crippen LogP contribution < -0.4 is 0 Å². The van der Waals surface area contributed by atoms with Gasteiger partial charge in [0.2, 0.25) is 0 Å². The molecule has 1 rings (SSSR count). The summed E-state index contributed by atoms with van der Waals surface area (Å²) in [5, 5.41) is 0. The van der Waals surface area contributed by atoms with Crippen LogP contribution in [0.15, 0.2) is 0 Å². The van der Waals surface area contributed by atoms with E-state index in [1.54, 1.807) is 0 Å². The van der Waals surface area contributed by atoms with Crippen LogP contribution in [0.25, 0.3) is 0 Å². The van der Waals surface area contributed by atoms with Crippen molar-refractivity contribution in [1.82, 2.24) is 4.31 Å². The quantitative estimate of drug-likeness (QED) is 0.356. The van der Waals surface area contributed by atoms with E-state index in [1.165, 1.54) is 11.0 Å². The molecule has 1 aliphatic heterocycles. The summed E-state index contributed by atoms with van der Waals surface area (Å²) in [6.07, 6.45) is 0.374. The maximum atomic E-state index is 5.32. The smallest absolute Gasteiger partial charge is 0.0684 e. The lowest BCUT2D eigenvalue weighted by atomic mass is 10.3. The van der Waals surface area contributed by atoms with Crippen LogP contribution in [0.3, 0.4) is 0 Å². The second-order valence-electron chi connectivity index (χ2n) is 2.15. The van der Waals surface area contributed by atoms with Gasteiger partial charge >= 0.3 is 0 Å². The zero-order chi connectivity index (χ0) is 6.69. The Labute approximate surface area is 64.9 Å². The Bertz CT molecular complexity index is 91.0. The molecule has 0 spiro atoms. The van der Waals surface area contributed by atoms with E-state index in [0.717, 1.165) is 19.7 Å². The normalized spacial score (nSPS) is 30.7. The Balaban J connectivity index is 2.23. The molecule has 1 unspecified atom stereocenters. The molecule has 0 aromatic heterocycles. The standard InChI is InChI=1S/C5H11NOS2/c1-5-4-6(9-8)2-3-7-5/h5,8H,2-4H2,1H3. The van der Waals surface area contributed by atoms with E-state index in [0.29, 0.717) is 6.10 Å². The van der Waals surface area contributed by atoms with E-state index in [4.69, 9.17) is 4.74 Å². The molecule has 54 valence electrons. The first-order valence-corrected chi connectivity index (χ1v) is 4.83. The van der Waals surface area contributed by atoms with Crippen LogP contribution in [0.1, 0.15) is 6.92 Å². The van der Waals surface area contributed by atoms with Gasteiger partial charge in [-0.25, -0.2) is 4.31 Å². The van der Waals surface area contributed by atoms with Crippen LogP contribution >= 0.6 is 22.6 Å². The zero-order valence-corrected chi connectivity index (χ0v) is 7.12.